The Kier molecular flexibility index (Phi) is 3.81. The van der Waals surface area contributed by atoms with Crippen LogP contribution in [-0.4, -0.2) is 28.1 Å². The fourth-order valence-corrected chi connectivity index (χ4v) is 1.55. The van der Waals surface area contributed by atoms with Crippen molar-refractivity contribution in [1.82, 2.24) is 4.98 Å². The molecule has 0 aromatic carbocycles. The van der Waals surface area contributed by atoms with Crippen LogP contribution in [0.3, 0.4) is 0 Å². The summed E-state index contributed by atoms with van der Waals surface area (Å²) < 4.78 is 35.7. The normalized spacial score (nSPS) is 13.9. The smallest absolute Gasteiger partial charge is 0.397 e. The number of thioether (sulfide) groups is 1. The molecule has 1 atom stereocenters. The SMILES string of the molecule is Nc1ccc(SCC(O)C(F)(F)F)nc1. The quantitative estimate of drug-likeness (QED) is 0.786. The van der Waals surface area contributed by atoms with Gasteiger partial charge in [0.2, 0.25) is 0 Å². The molecule has 0 bridgehead atoms. The van der Waals surface area contributed by atoms with Crippen LogP contribution in [0.2, 0.25) is 0 Å². The Hall–Kier alpha value is -0.950. The van der Waals surface area contributed by atoms with Gasteiger partial charge in [-0.15, -0.1) is 11.8 Å². The Balaban J connectivity index is 2.47. The number of hydrogen-bond donors (Lipinski definition) is 2. The van der Waals surface area contributed by atoms with Crippen molar-refractivity contribution < 1.29 is 18.3 Å². The number of pyridine rings is 1. The van der Waals surface area contributed by atoms with Crippen LogP contribution in [-0.2, 0) is 0 Å². The molecular weight excluding hydrogens is 229 g/mol. The molecule has 7 heteroatoms. The molecule has 0 aliphatic heterocycles. The van der Waals surface area contributed by atoms with Crippen molar-refractivity contribution >= 4 is 17.4 Å². The minimum atomic E-state index is -4.58. The van der Waals surface area contributed by atoms with E-state index in [-0.39, 0.29) is 0 Å². The van der Waals surface area contributed by atoms with Gasteiger partial charge >= 0.3 is 6.18 Å². The zero-order chi connectivity index (χ0) is 11.5. The highest BCUT2D eigenvalue weighted by atomic mass is 32.2. The third kappa shape index (κ3) is 3.96. The van der Waals surface area contributed by atoms with E-state index in [9.17, 15) is 13.2 Å². The fourth-order valence-electron chi connectivity index (χ4n) is 0.736. The molecule has 0 aliphatic carbocycles. The maximum atomic E-state index is 11.9. The number of aromatic nitrogens is 1. The van der Waals surface area contributed by atoms with E-state index >= 15 is 0 Å². The molecule has 1 aromatic rings. The van der Waals surface area contributed by atoms with Crippen molar-refractivity contribution in [2.75, 3.05) is 11.5 Å². The van der Waals surface area contributed by atoms with Crippen molar-refractivity contribution in [3.8, 4) is 0 Å². The minimum Gasteiger partial charge on any atom is -0.397 e. The molecule has 1 aromatic heterocycles. The fraction of sp³-hybridized carbons (Fsp3) is 0.375. The second-order valence-electron chi connectivity index (χ2n) is 2.80. The van der Waals surface area contributed by atoms with Crippen molar-refractivity contribution in [2.24, 2.45) is 0 Å². The number of nitrogens with two attached hydrogens (primary N) is 1. The predicted octanol–water partition coefficient (Wildman–Crippen LogP) is 1.68. The van der Waals surface area contributed by atoms with Gasteiger partial charge in [0.1, 0.15) is 0 Å². The van der Waals surface area contributed by atoms with Crippen molar-refractivity contribution in [1.29, 1.82) is 0 Å². The van der Waals surface area contributed by atoms with Gasteiger partial charge in [-0.05, 0) is 12.1 Å². The summed E-state index contributed by atoms with van der Waals surface area (Å²) in [5.74, 6) is -0.472. The first-order valence-corrected chi connectivity index (χ1v) is 4.97. The Morgan fingerprint density at radius 2 is 2.13 bits per heavy atom. The molecule has 0 fully saturated rings. The van der Waals surface area contributed by atoms with Crippen molar-refractivity contribution in [3.63, 3.8) is 0 Å². The van der Waals surface area contributed by atoms with Crippen LogP contribution in [0, 0.1) is 0 Å². The lowest BCUT2D eigenvalue weighted by atomic mass is 10.4. The highest BCUT2D eigenvalue weighted by Crippen LogP contribution is 2.25. The average Bonchev–Trinajstić information content (AvgIpc) is 2.15. The largest absolute Gasteiger partial charge is 0.415 e. The van der Waals surface area contributed by atoms with Crippen LogP contribution in [0.4, 0.5) is 18.9 Å². The molecule has 0 radical (unpaired) electrons. The minimum absolute atomic E-state index is 0.396. The molecule has 0 spiro atoms. The number of alkyl halides is 3. The predicted molar refractivity (Wildman–Crippen MR) is 51.4 cm³/mol. The number of nitrogens with zero attached hydrogens (tertiary/aromatic N) is 1. The van der Waals surface area contributed by atoms with Gasteiger partial charge in [0, 0.05) is 5.75 Å². The molecule has 1 rings (SSSR count). The van der Waals surface area contributed by atoms with Gasteiger partial charge in [-0.3, -0.25) is 0 Å². The second kappa shape index (κ2) is 4.71. The summed E-state index contributed by atoms with van der Waals surface area (Å²) in [4.78, 5) is 3.79. The van der Waals surface area contributed by atoms with Crippen LogP contribution >= 0.6 is 11.8 Å². The molecule has 0 saturated heterocycles. The van der Waals surface area contributed by atoms with Crippen molar-refractivity contribution in [2.45, 2.75) is 17.3 Å². The Morgan fingerprint density at radius 1 is 1.47 bits per heavy atom. The van der Waals surface area contributed by atoms with Gasteiger partial charge in [0.15, 0.2) is 6.10 Å². The van der Waals surface area contributed by atoms with Crippen LogP contribution in [0.5, 0.6) is 0 Å². The van der Waals surface area contributed by atoms with E-state index in [1.807, 2.05) is 0 Å². The van der Waals surface area contributed by atoms with Gasteiger partial charge in [-0.2, -0.15) is 13.2 Å². The topological polar surface area (TPSA) is 59.1 Å². The monoisotopic (exact) mass is 238 g/mol. The van der Waals surface area contributed by atoms with E-state index in [0.717, 1.165) is 11.8 Å². The first-order chi connectivity index (χ1) is 6.89. The van der Waals surface area contributed by atoms with Gasteiger partial charge in [0.05, 0.1) is 16.9 Å². The first kappa shape index (κ1) is 12.1. The average molecular weight is 238 g/mol. The molecule has 0 aliphatic rings. The maximum absolute atomic E-state index is 11.9. The Bertz CT molecular complexity index is 315. The van der Waals surface area contributed by atoms with Gasteiger partial charge < -0.3 is 10.8 Å². The van der Waals surface area contributed by atoms with Crippen LogP contribution in [0.1, 0.15) is 0 Å². The maximum Gasteiger partial charge on any atom is 0.415 e. The molecular formula is C8H9F3N2OS. The summed E-state index contributed by atoms with van der Waals surface area (Å²) in [6.07, 6.45) is -5.56. The highest BCUT2D eigenvalue weighted by Gasteiger charge is 2.37. The third-order valence-electron chi connectivity index (χ3n) is 1.53. The van der Waals surface area contributed by atoms with Crippen LogP contribution < -0.4 is 5.73 Å². The number of hydrogen-bond acceptors (Lipinski definition) is 4. The Labute approximate surface area is 88.5 Å². The molecule has 1 unspecified atom stereocenters. The first-order valence-electron chi connectivity index (χ1n) is 3.98. The standard InChI is InChI=1S/C8H9F3N2OS/c9-8(10,11)6(14)4-15-7-2-1-5(12)3-13-7/h1-3,6,14H,4,12H2. The van der Waals surface area contributed by atoms with Crippen LogP contribution in [0.25, 0.3) is 0 Å². The number of halogens is 3. The lowest BCUT2D eigenvalue weighted by molar-refractivity contribution is -0.195. The summed E-state index contributed by atoms with van der Waals surface area (Å²) in [6, 6.07) is 3.04. The van der Waals surface area contributed by atoms with E-state index < -0.39 is 18.0 Å². The summed E-state index contributed by atoms with van der Waals surface area (Å²) in [5.41, 5.74) is 5.79. The molecule has 3 nitrogen and oxygen atoms in total. The summed E-state index contributed by atoms with van der Waals surface area (Å²) in [5, 5.41) is 9.10. The summed E-state index contributed by atoms with van der Waals surface area (Å²) in [7, 11) is 0. The number of rotatable bonds is 3. The zero-order valence-electron chi connectivity index (χ0n) is 7.53. The molecule has 84 valence electrons. The second-order valence-corrected chi connectivity index (χ2v) is 3.84. The van der Waals surface area contributed by atoms with E-state index in [4.69, 9.17) is 10.8 Å². The van der Waals surface area contributed by atoms with E-state index in [1.54, 1.807) is 0 Å². The molecule has 0 saturated carbocycles. The highest BCUT2D eigenvalue weighted by molar-refractivity contribution is 7.99. The van der Waals surface area contributed by atoms with Crippen molar-refractivity contribution in [3.05, 3.63) is 18.3 Å². The molecule has 15 heavy (non-hydrogen) atoms. The number of aliphatic hydroxyl groups excluding tert-OH is 1. The van der Waals surface area contributed by atoms with Gasteiger partial charge in [-0.1, -0.05) is 0 Å². The molecule has 0 amide bonds. The Morgan fingerprint density at radius 3 is 2.60 bits per heavy atom. The van der Waals surface area contributed by atoms with E-state index in [1.165, 1.54) is 18.3 Å². The zero-order valence-corrected chi connectivity index (χ0v) is 8.35. The summed E-state index contributed by atoms with van der Waals surface area (Å²) in [6.45, 7) is 0. The number of nitrogen functional groups attached to an aromatic ring is 1. The third-order valence-corrected chi connectivity index (χ3v) is 2.55. The molecule has 3 N–H and O–H groups in total. The lowest BCUT2D eigenvalue weighted by Gasteiger charge is -2.13. The number of anilines is 1. The van der Waals surface area contributed by atoms with E-state index in [0.29, 0.717) is 10.7 Å². The van der Waals surface area contributed by atoms with Gasteiger partial charge in [-0.25, -0.2) is 4.98 Å². The van der Waals surface area contributed by atoms with Gasteiger partial charge in [0.25, 0.3) is 0 Å². The molecule has 1 heterocycles. The number of aliphatic hydroxyl groups is 1. The van der Waals surface area contributed by atoms with Crippen LogP contribution in [0.15, 0.2) is 23.4 Å². The lowest BCUT2D eigenvalue weighted by Crippen LogP contribution is -2.30. The van der Waals surface area contributed by atoms with E-state index in [2.05, 4.69) is 4.98 Å². The summed E-state index contributed by atoms with van der Waals surface area (Å²) >= 11 is 0.827.